The van der Waals surface area contributed by atoms with Crippen molar-refractivity contribution in [2.75, 3.05) is 33.3 Å². The molecule has 3 fully saturated rings. The van der Waals surface area contributed by atoms with Crippen LogP contribution in [0.2, 0.25) is 0 Å². The van der Waals surface area contributed by atoms with Crippen LogP contribution in [0.5, 0.6) is 0 Å². The van der Waals surface area contributed by atoms with Crippen molar-refractivity contribution in [2.45, 2.75) is 43.6 Å². The Balaban J connectivity index is 1.73. The number of hydrogen-bond acceptors (Lipinski definition) is 5. The van der Waals surface area contributed by atoms with Crippen molar-refractivity contribution in [1.29, 1.82) is 0 Å². The standard InChI is InChI=1S/C27H35N3O5/c1-5-14-28(4)23(32)20-21-24(33)30(16-17-31)22(27(21)13-12-26(20,3)35-27)25(34)29(15-6-2)18-19-10-8-7-9-11-19/h5-11,20-22,31H,1-2,12-18H2,3-4H3/t20-,21-,22?,26+,27?/m0/s1. The maximum absolute atomic E-state index is 14.1. The quantitative estimate of drug-likeness (QED) is 0.513. The fourth-order valence-electron chi connectivity index (χ4n) is 6.32. The first-order valence-electron chi connectivity index (χ1n) is 12.1. The van der Waals surface area contributed by atoms with Gasteiger partial charge in [0.05, 0.1) is 24.0 Å². The smallest absolute Gasteiger partial charge is 0.248 e. The van der Waals surface area contributed by atoms with Gasteiger partial charge in [-0.3, -0.25) is 14.4 Å². The third kappa shape index (κ3) is 3.98. The van der Waals surface area contributed by atoms with Gasteiger partial charge in [-0.2, -0.15) is 0 Å². The summed E-state index contributed by atoms with van der Waals surface area (Å²) >= 11 is 0. The molecule has 3 aliphatic rings. The van der Waals surface area contributed by atoms with Gasteiger partial charge in [0.2, 0.25) is 17.7 Å². The number of likely N-dealkylation sites (N-methyl/N-ethyl adjacent to an activating group) is 1. The van der Waals surface area contributed by atoms with E-state index in [0.717, 1.165) is 5.56 Å². The van der Waals surface area contributed by atoms with E-state index in [4.69, 9.17) is 4.74 Å². The average molecular weight is 482 g/mol. The molecule has 2 unspecified atom stereocenters. The number of β-amino-alcohol motifs (C(OH)–C–C–N with tert-alkyl or cyclic N) is 1. The highest BCUT2D eigenvalue weighted by molar-refractivity contribution is 5.99. The van der Waals surface area contributed by atoms with Gasteiger partial charge >= 0.3 is 0 Å². The predicted octanol–water partition coefficient (Wildman–Crippen LogP) is 1.60. The maximum Gasteiger partial charge on any atom is 0.248 e. The van der Waals surface area contributed by atoms with Crippen molar-refractivity contribution in [1.82, 2.24) is 14.7 Å². The fraction of sp³-hybridized carbons (Fsp3) is 0.519. The maximum atomic E-state index is 14.1. The number of ether oxygens (including phenoxy) is 1. The molecule has 1 aromatic carbocycles. The largest absolute Gasteiger partial charge is 0.395 e. The summed E-state index contributed by atoms with van der Waals surface area (Å²) in [6, 6.07) is 8.71. The number of aliphatic hydroxyl groups is 1. The van der Waals surface area contributed by atoms with Crippen LogP contribution in [0, 0.1) is 11.8 Å². The van der Waals surface area contributed by atoms with Crippen molar-refractivity contribution in [2.24, 2.45) is 11.8 Å². The van der Waals surface area contributed by atoms with E-state index < -0.39 is 29.1 Å². The number of aliphatic hydroxyl groups excluding tert-OH is 1. The number of hydrogen-bond donors (Lipinski definition) is 1. The molecule has 3 amide bonds. The molecule has 5 atom stereocenters. The number of nitrogens with zero attached hydrogens (tertiary/aromatic N) is 3. The van der Waals surface area contributed by atoms with Crippen molar-refractivity contribution < 1.29 is 24.2 Å². The van der Waals surface area contributed by atoms with Crippen LogP contribution in [0.3, 0.4) is 0 Å². The lowest BCUT2D eigenvalue weighted by Gasteiger charge is -2.36. The van der Waals surface area contributed by atoms with Crippen molar-refractivity contribution >= 4 is 17.7 Å². The lowest BCUT2D eigenvalue weighted by atomic mass is 9.66. The monoisotopic (exact) mass is 481 g/mol. The number of carbonyl (C=O) groups excluding carboxylic acids is 3. The van der Waals surface area contributed by atoms with Gasteiger partial charge in [-0.15, -0.1) is 13.2 Å². The zero-order valence-electron chi connectivity index (χ0n) is 20.6. The van der Waals surface area contributed by atoms with Gasteiger partial charge in [0, 0.05) is 33.2 Å². The Morgan fingerprint density at radius 3 is 2.49 bits per heavy atom. The van der Waals surface area contributed by atoms with Crippen LogP contribution in [0.15, 0.2) is 55.6 Å². The summed E-state index contributed by atoms with van der Waals surface area (Å²) in [5.41, 5.74) is -0.986. The normalized spacial score (nSPS) is 30.8. The minimum absolute atomic E-state index is 0.00420. The molecule has 0 saturated carbocycles. The van der Waals surface area contributed by atoms with E-state index in [-0.39, 0.29) is 30.9 Å². The molecule has 0 aliphatic carbocycles. The highest BCUT2D eigenvalue weighted by atomic mass is 16.5. The lowest BCUT2D eigenvalue weighted by Crippen LogP contribution is -2.56. The predicted molar refractivity (Wildman–Crippen MR) is 131 cm³/mol. The summed E-state index contributed by atoms with van der Waals surface area (Å²) in [5.74, 6) is -2.21. The molecule has 2 bridgehead atoms. The van der Waals surface area contributed by atoms with Gasteiger partial charge in [0.15, 0.2) is 0 Å². The molecule has 3 saturated heterocycles. The zero-order chi connectivity index (χ0) is 25.4. The van der Waals surface area contributed by atoms with E-state index in [2.05, 4.69) is 13.2 Å². The Hall–Kier alpha value is -2.97. The Morgan fingerprint density at radius 2 is 1.86 bits per heavy atom. The van der Waals surface area contributed by atoms with Gasteiger partial charge < -0.3 is 24.5 Å². The molecule has 4 rings (SSSR count). The second-order valence-corrected chi connectivity index (χ2v) is 9.98. The summed E-state index contributed by atoms with van der Waals surface area (Å²) in [6.07, 6.45) is 4.38. The Kier molecular flexibility index (Phi) is 6.88. The average Bonchev–Trinajstić information content (AvgIpc) is 3.40. The lowest BCUT2D eigenvalue weighted by molar-refractivity contribution is -0.153. The molecule has 8 nitrogen and oxygen atoms in total. The Morgan fingerprint density at radius 1 is 1.17 bits per heavy atom. The van der Waals surface area contributed by atoms with Crippen LogP contribution in [0.25, 0.3) is 0 Å². The van der Waals surface area contributed by atoms with E-state index in [1.165, 1.54) is 4.90 Å². The molecule has 1 spiro atoms. The summed E-state index contributed by atoms with van der Waals surface area (Å²) in [7, 11) is 1.69. The summed E-state index contributed by atoms with van der Waals surface area (Å²) < 4.78 is 6.60. The molecule has 0 aromatic heterocycles. The first-order chi connectivity index (χ1) is 16.7. The minimum Gasteiger partial charge on any atom is -0.395 e. The van der Waals surface area contributed by atoms with Crippen molar-refractivity contribution in [3.05, 3.63) is 61.2 Å². The number of benzene rings is 1. The summed E-state index contributed by atoms with van der Waals surface area (Å²) in [4.78, 5) is 46.1. The number of fused-ring (bicyclic) bond motifs is 1. The molecule has 1 N–H and O–H groups in total. The number of rotatable bonds is 10. The number of likely N-dealkylation sites (tertiary alicyclic amines) is 1. The molecule has 35 heavy (non-hydrogen) atoms. The first kappa shape index (κ1) is 25.1. The van der Waals surface area contributed by atoms with E-state index in [0.29, 0.717) is 32.5 Å². The molecule has 3 aliphatic heterocycles. The van der Waals surface area contributed by atoms with Gasteiger partial charge in [-0.1, -0.05) is 42.5 Å². The summed E-state index contributed by atoms with van der Waals surface area (Å²) in [5, 5.41) is 9.77. The molecule has 3 heterocycles. The Bertz CT molecular complexity index is 1010. The van der Waals surface area contributed by atoms with Crippen LogP contribution in [-0.2, 0) is 25.7 Å². The van der Waals surface area contributed by atoms with Crippen LogP contribution in [0.4, 0.5) is 0 Å². The third-order valence-corrected chi connectivity index (χ3v) is 7.77. The van der Waals surface area contributed by atoms with E-state index in [1.54, 1.807) is 29.0 Å². The van der Waals surface area contributed by atoms with Gasteiger partial charge in [0.1, 0.15) is 11.6 Å². The van der Waals surface area contributed by atoms with Crippen molar-refractivity contribution in [3.63, 3.8) is 0 Å². The second-order valence-electron chi connectivity index (χ2n) is 9.98. The topological polar surface area (TPSA) is 90.4 Å². The Labute approximate surface area is 206 Å². The molecule has 188 valence electrons. The molecule has 8 heteroatoms. The molecule has 0 radical (unpaired) electrons. The minimum atomic E-state index is -1.11. The van der Waals surface area contributed by atoms with Gasteiger partial charge in [-0.05, 0) is 25.3 Å². The van der Waals surface area contributed by atoms with E-state index in [1.807, 2.05) is 37.3 Å². The molecular weight excluding hydrogens is 446 g/mol. The van der Waals surface area contributed by atoms with Crippen LogP contribution in [0.1, 0.15) is 25.3 Å². The number of carbonyl (C=O) groups is 3. The van der Waals surface area contributed by atoms with Crippen molar-refractivity contribution in [3.8, 4) is 0 Å². The highest BCUT2D eigenvalue weighted by Gasteiger charge is 2.78. The van der Waals surface area contributed by atoms with Crippen LogP contribution in [-0.4, -0.2) is 88.1 Å². The first-order valence-corrected chi connectivity index (χ1v) is 12.1. The summed E-state index contributed by atoms with van der Waals surface area (Å²) in [6.45, 7) is 10.1. The highest BCUT2D eigenvalue weighted by Crippen LogP contribution is 2.63. The molecular formula is C27H35N3O5. The van der Waals surface area contributed by atoms with Gasteiger partial charge in [-0.25, -0.2) is 0 Å². The molecule has 1 aromatic rings. The SMILES string of the molecule is C=CCN(C)C(=O)[C@@H]1[C@H]2C(=O)N(CCO)C(C(=O)N(CC=C)Cc3ccccc3)C23CC[C@@]1(C)O3. The fourth-order valence-corrected chi connectivity index (χ4v) is 6.32. The zero-order valence-corrected chi connectivity index (χ0v) is 20.6. The van der Waals surface area contributed by atoms with E-state index in [9.17, 15) is 19.5 Å². The second kappa shape index (κ2) is 9.59. The van der Waals surface area contributed by atoms with Gasteiger partial charge in [0.25, 0.3) is 0 Å². The van der Waals surface area contributed by atoms with Crippen LogP contribution >= 0.6 is 0 Å². The van der Waals surface area contributed by atoms with Crippen LogP contribution < -0.4 is 0 Å². The van der Waals surface area contributed by atoms with E-state index >= 15 is 0 Å². The third-order valence-electron chi connectivity index (χ3n) is 7.77. The number of amides is 3.